The number of aromatic nitrogens is 2. The van der Waals surface area contributed by atoms with Crippen molar-refractivity contribution in [2.45, 2.75) is 51.6 Å². The second-order valence-corrected chi connectivity index (χ2v) is 9.45. The van der Waals surface area contributed by atoms with E-state index in [4.69, 9.17) is 19.2 Å². The van der Waals surface area contributed by atoms with E-state index in [-0.39, 0.29) is 17.9 Å². The van der Waals surface area contributed by atoms with Crippen molar-refractivity contribution >= 4 is 33.4 Å². The highest BCUT2D eigenvalue weighted by molar-refractivity contribution is 7.20. The van der Waals surface area contributed by atoms with Crippen molar-refractivity contribution in [3.05, 3.63) is 50.4 Å². The van der Waals surface area contributed by atoms with Gasteiger partial charge in [0.05, 0.1) is 44.1 Å². The van der Waals surface area contributed by atoms with Crippen LogP contribution in [0.2, 0.25) is 0 Å². The number of methoxy groups -OCH3 is 3. The van der Waals surface area contributed by atoms with Crippen LogP contribution in [-0.2, 0) is 22.5 Å². The molecule has 0 fully saturated rings. The Morgan fingerprint density at radius 1 is 1.14 bits per heavy atom. The number of esters is 1. The lowest BCUT2D eigenvalue weighted by Crippen LogP contribution is -2.30. The lowest BCUT2D eigenvalue weighted by Gasteiger charge is -2.19. The van der Waals surface area contributed by atoms with E-state index in [1.165, 1.54) is 32.7 Å². The van der Waals surface area contributed by atoms with Crippen LogP contribution < -0.4 is 20.3 Å². The van der Waals surface area contributed by atoms with Gasteiger partial charge in [-0.3, -0.25) is 19.0 Å². The highest BCUT2D eigenvalue weighted by atomic mass is 32.1. The molecule has 0 saturated heterocycles. The molecule has 2 aromatic heterocycles. The van der Waals surface area contributed by atoms with Crippen LogP contribution in [0.5, 0.6) is 11.5 Å². The number of aryl methyl sites for hydroxylation is 2. The summed E-state index contributed by atoms with van der Waals surface area (Å²) in [6.45, 7) is 2.42. The fourth-order valence-electron chi connectivity index (χ4n) is 4.42. The van der Waals surface area contributed by atoms with E-state index >= 15 is 0 Å². The van der Waals surface area contributed by atoms with Gasteiger partial charge in [-0.2, -0.15) is 0 Å². The van der Waals surface area contributed by atoms with E-state index in [1.807, 2.05) is 0 Å². The summed E-state index contributed by atoms with van der Waals surface area (Å²) in [5.74, 6) is 0.939. The van der Waals surface area contributed by atoms with Gasteiger partial charge in [0.25, 0.3) is 11.5 Å². The van der Waals surface area contributed by atoms with Crippen molar-refractivity contribution in [2.24, 2.45) is 0 Å². The molecule has 3 heterocycles. The molecule has 1 N–H and O–H groups in total. The predicted octanol–water partition coefficient (Wildman–Crippen LogP) is 3.54. The average Bonchev–Trinajstić information content (AvgIpc) is 3.03. The van der Waals surface area contributed by atoms with Crippen LogP contribution in [0, 0.1) is 6.92 Å². The summed E-state index contributed by atoms with van der Waals surface area (Å²) in [5.41, 5.74) is 1.17. The molecule has 0 aliphatic carbocycles. The first-order chi connectivity index (χ1) is 16.9. The summed E-state index contributed by atoms with van der Waals surface area (Å²) in [6.07, 6.45) is 3.69. The van der Waals surface area contributed by atoms with Crippen molar-refractivity contribution in [3.63, 3.8) is 0 Å². The number of nitrogens with one attached hydrogen (secondary N) is 1. The van der Waals surface area contributed by atoms with Crippen LogP contribution in [0.3, 0.4) is 0 Å². The summed E-state index contributed by atoms with van der Waals surface area (Å²) in [7, 11) is 4.35. The van der Waals surface area contributed by atoms with Crippen LogP contribution in [0.15, 0.2) is 23.0 Å². The van der Waals surface area contributed by atoms with Crippen molar-refractivity contribution in [2.75, 3.05) is 21.3 Å². The number of carbonyl (C=O) groups excluding carboxylic acids is 2. The smallest absolute Gasteiger partial charge is 0.307 e. The van der Waals surface area contributed by atoms with Gasteiger partial charge in [-0.15, -0.1) is 11.3 Å². The number of ether oxygens (including phenoxy) is 3. The minimum Gasteiger partial charge on any atom is -0.493 e. The maximum Gasteiger partial charge on any atom is 0.307 e. The molecule has 9 nitrogen and oxygen atoms in total. The number of carbonyl (C=O) groups is 2. The molecule has 0 saturated carbocycles. The van der Waals surface area contributed by atoms with E-state index < -0.39 is 12.0 Å². The summed E-state index contributed by atoms with van der Waals surface area (Å²) in [5, 5.41) is 3.43. The zero-order chi connectivity index (χ0) is 25.1. The van der Waals surface area contributed by atoms with Gasteiger partial charge in [-0.1, -0.05) is 12.5 Å². The predicted molar refractivity (Wildman–Crippen MR) is 133 cm³/mol. The number of rotatable bonds is 7. The molecule has 1 aliphatic rings. The maximum absolute atomic E-state index is 13.4. The first-order valence-electron chi connectivity index (χ1n) is 11.5. The summed E-state index contributed by atoms with van der Waals surface area (Å²) >= 11 is 1.20. The largest absolute Gasteiger partial charge is 0.493 e. The minimum atomic E-state index is -0.676. The normalized spacial score (nSPS) is 14.1. The molecule has 10 heteroatoms. The molecular weight excluding hydrogens is 470 g/mol. The number of thiophene rings is 1. The van der Waals surface area contributed by atoms with E-state index in [2.05, 4.69) is 5.32 Å². The molecule has 0 spiro atoms. The number of fused-ring (bicyclic) bond motifs is 2. The fraction of sp³-hybridized carbons (Fsp3) is 0.440. The van der Waals surface area contributed by atoms with Crippen LogP contribution in [-0.4, -0.2) is 42.8 Å². The minimum absolute atomic E-state index is 0.0726. The second-order valence-electron chi connectivity index (χ2n) is 8.45. The van der Waals surface area contributed by atoms with Gasteiger partial charge in [0, 0.05) is 13.0 Å². The van der Waals surface area contributed by atoms with Crippen molar-refractivity contribution in [1.82, 2.24) is 14.9 Å². The van der Waals surface area contributed by atoms with E-state index in [9.17, 15) is 14.4 Å². The summed E-state index contributed by atoms with van der Waals surface area (Å²) in [6, 6.07) is 4.52. The number of hydrogen-bond acceptors (Lipinski definition) is 8. The molecular formula is C25H29N3O6S. The molecule has 1 amide bonds. The first kappa shape index (κ1) is 24.7. The lowest BCUT2D eigenvalue weighted by molar-refractivity contribution is -0.141. The highest BCUT2D eigenvalue weighted by Crippen LogP contribution is 2.33. The van der Waals surface area contributed by atoms with Crippen LogP contribution in [0.4, 0.5) is 0 Å². The van der Waals surface area contributed by atoms with E-state index in [0.717, 1.165) is 31.5 Å². The molecule has 186 valence electrons. The molecule has 0 radical (unpaired) electrons. The number of benzene rings is 1. The third kappa shape index (κ3) is 4.88. The standard InChI is InChI=1S/C25H29N3O6S/c1-14-21-24(27-19-8-6-5-7-11-28(19)25(21)31)35-22(14)23(30)26-16(13-20(29)34-4)15-9-10-17(32-2)18(12-15)33-3/h9-10,12,16H,5-8,11,13H2,1-4H3,(H,26,30). The van der Waals surface area contributed by atoms with Gasteiger partial charge in [0.2, 0.25) is 0 Å². The topological polar surface area (TPSA) is 109 Å². The molecule has 1 aromatic carbocycles. The third-order valence-corrected chi connectivity index (χ3v) is 7.52. The fourth-order valence-corrected chi connectivity index (χ4v) is 5.52. The zero-order valence-electron chi connectivity index (χ0n) is 20.3. The van der Waals surface area contributed by atoms with Crippen LogP contribution in [0.1, 0.15) is 58.3 Å². The van der Waals surface area contributed by atoms with Crippen molar-refractivity contribution in [1.29, 1.82) is 0 Å². The summed E-state index contributed by atoms with van der Waals surface area (Å²) < 4.78 is 17.3. The molecule has 1 unspecified atom stereocenters. The molecule has 0 bridgehead atoms. The Hall–Kier alpha value is -3.40. The Morgan fingerprint density at radius 2 is 1.91 bits per heavy atom. The third-order valence-electron chi connectivity index (χ3n) is 6.33. The molecule has 35 heavy (non-hydrogen) atoms. The highest BCUT2D eigenvalue weighted by Gasteiger charge is 2.26. The number of hydrogen-bond donors (Lipinski definition) is 1. The van der Waals surface area contributed by atoms with Crippen LogP contribution >= 0.6 is 11.3 Å². The number of nitrogens with zero attached hydrogens (tertiary/aromatic N) is 2. The van der Waals surface area contributed by atoms with Gasteiger partial charge in [0.1, 0.15) is 10.7 Å². The second kappa shape index (κ2) is 10.5. The Morgan fingerprint density at radius 3 is 2.63 bits per heavy atom. The van der Waals surface area contributed by atoms with Gasteiger partial charge in [-0.05, 0) is 43.0 Å². The zero-order valence-corrected chi connectivity index (χ0v) is 21.1. The Balaban J connectivity index is 1.70. The first-order valence-corrected chi connectivity index (χ1v) is 12.3. The average molecular weight is 500 g/mol. The molecule has 1 atom stereocenters. The quantitative estimate of drug-likeness (QED) is 0.495. The van der Waals surface area contributed by atoms with Crippen LogP contribution in [0.25, 0.3) is 10.2 Å². The lowest BCUT2D eigenvalue weighted by atomic mass is 10.0. The SMILES string of the molecule is COC(=O)CC(NC(=O)c1sc2nc3n(c(=O)c2c1C)CCCCC3)c1ccc(OC)c(OC)c1. The monoisotopic (exact) mass is 499 g/mol. The maximum atomic E-state index is 13.4. The Labute approximate surface area is 207 Å². The van der Waals surface area contributed by atoms with Gasteiger partial charge in [0.15, 0.2) is 11.5 Å². The molecule has 1 aliphatic heterocycles. The van der Waals surface area contributed by atoms with Gasteiger partial charge >= 0.3 is 5.97 Å². The van der Waals surface area contributed by atoms with E-state index in [1.54, 1.807) is 29.7 Å². The van der Waals surface area contributed by atoms with Crippen molar-refractivity contribution < 1.29 is 23.8 Å². The molecule has 4 rings (SSSR count). The Kier molecular flexibility index (Phi) is 7.39. The summed E-state index contributed by atoms with van der Waals surface area (Å²) in [4.78, 5) is 44.5. The number of amides is 1. The van der Waals surface area contributed by atoms with Crippen molar-refractivity contribution in [3.8, 4) is 11.5 Å². The van der Waals surface area contributed by atoms with Gasteiger partial charge in [-0.25, -0.2) is 4.98 Å². The molecule has 3 aromatic rings. The Bertz CT molecular complexity index is 1330. The van der Waals surface area contributed by atoms with Gasteiger partial charge < -0.3 is 19.5 Å². The van der Waals surface area contributed by atoms with E-state index in [0.29, 0.717) is 44.3 Å².